The lowest BCUT2D eigenvalue weighted by Gasteiger charge is -2.15. The van der Waals surface area contributed by atoms with Crippen molar-refractivity contribution in [3.63, 3.8) is 0 Å². The first-order chi connectivity index (χ1) is 6.90. The Morgan fingerprint density at radius 1 is 1.40 bits per heavy atom. The molecule has 0 aliphatic rings. The van der Waals surface area contributed by atoms with E-state index in [2.05, 4.69) is 10.2 Å². The van der Waals surface area contributed by atoms with E-state index in [0.29, 0.717) is 6.54 Å². The molecule has 0 saturated heterocycles. The smallest absolute Gasteiger partial charge is 0.239 e. The lowest BCUT2D eigenvalue weighted by molar-refractivity contribution is -0.126. The molecule has 0 unspecified atom stereocenters. The van der Waals surface area contributed by atoms with Crippen LogP contribution in [0.5, 0.6) is 0 Å². The van der Waals surface area contributed by atoms with Crippen LogP contribution in [-0.4, -0.2) is 38.0 Å². The molecule has 0 aromatic carbocycles. The average Bonchev–Trinajstić information content (AvgIpc) is 2.16. The number of nitriles is 1. The first kappa shape index (κ1) is 13.9. The fraction of sp³-hybridized carbons (Fsp3) is 0.818. The van der Waals surface area contributed by atoms with Gasteiger partial charge >= 0.3 is 0 Å². The molecule has 0 radical (unpaired) electrons. The summed E-state index contributed by atoms with van der Waals surface area (Å²) in [6, 6.07) is 1.98. The summed E-state index contributed by atoms with van der Waals surface area (Å²) < 4.78 is 0. The third-order valence-corrected chi connectivity index (χ3v) is 2.16. The topological polar surface area (TPSA) is 56.1 Å². The van der Waals surface area contributed by atoms with Crippen molar-refractivity contribution in [1.29, 1.82) is 5.26 Å². The van der Waals surface area contributed by atoms with Crippen molar-refractivity contribution in [3.8, 4) is 6.07 Å². The number of carbonyl (C=O) groups excluding carboxylic acids is 1. The molecule has 0 fully saturated rings. The van der Waals surface area contributed by atoms with E-state index in [1.165, 1.54) is 0 Å². The lowest BCUT2D eigenvalue weighted by atomic mass is 9.95. The second-order valence-corrected chi connectivity index (χ2v) is 4.50. The Morgan fingerprint density at radius 3 is 2.47 bits per heavy atom. The minimum atomic E-state index is -0.915. The maximum atomic E-state index is 11.4. The van der Waals surface area contributed by atoms with Crippen LogP contribution < -0.4 is 5.32 Å². The molecule has 0 aromatic heterocycles. The Hall–Kier alpha value is -1.08. The molecule has 0 saturated carbocycles. The van der Waals surface area contributed by atoms with Crippen LogP contribution in [0.4, 0.5) is 0 Å². The van der Waals surface area contributed by atoms with Gasteiger partial charge in [0, 0.05) is 6.54 Å². The minimum Gasteiger partial charge on any atom is -0.355 e. The van der Waals surface area contributed by atoms with Crippen LogP contribution in [0, 0.1) is 16.7 Å². The number of nitrogens with zero attached hydrogens (tertiary/aromatic N) is 2. The van der Waals surface area contributed by atoms with Crippen LogP contribution in [0.25, 0.3) is 0 Å². The molecule has 0 bridgehead atoms. The predicted octanol–water partition coefficient (Wildman–Crippen LogP) is 0.994. The fourth-order valence-corrected chi connectivity index (χ4v) is 1.03. The minimum absolute atomic E-state index is 0.185. The first-order valence-corrected chi connectivity index (χ1v) is 5.24. The Kier molecular flexibility index (Phi) is 5.95. The SMILES string of the molecule is CN(C)CCCCNC(=O)C(C)(C)C#N. The van der Waals surface area contributed by atoms with E-state index < -0.39 is 5.41 Å². The van der Waals surface area contributed by atoms with Gasteiger partial charge in [0.15, 0.2) is 0 Å². The zero-order chi connectivity index (χ0) is 11.9. The zero-order valence-corrected chi connectivity index (χ0v) is 10.1. The van der Waals surface area contributed by atoms with Gasteiger partial charge in [-0.25, -0.2) is 0 Å². The van der Waals surface area contributed by atoms with E-state index in [1.807, 2.05) is 20.2 Å². The summed E-state index contributed by atoms with van der Waals surface area (Å²) in [4.78, 5) is 13.6. The number of nitrogens with one attached hydrogen (secondary N) is 1. The van der Waals surface area contributed by atoms with Gasteiger partial charge in [-0.1, -0.05) is 0 Å². The maximum Gasteiger partial charge on any atom is 0.239 e. The predicted molar refractivity (Wildman–Crippen MR) is 60.2 cm³/mol. The average molecular weight is 211 g/mol. The van der Waals surface area contributed by atoms with Crippen LogP contribution in [-0.2, 0) is 4.79 Å². The third kappa shape index (κ3) is 6.08. The number of unbranched alkanes of at least 4 members (excludes halogenated alkanes) is 1. The highest BCUT2D eigenvalue weighted by molar-refractivity contribution is 5.84. The normalized spacial score (nSPS) is 11.2. The molecule has 0 aromatic rings. The monoisotopic (exact) mass is 211 g/mol. The van der Waals surface area contributed by atoms with Crippen molar-refractivity contribution in [2.24, 2.45) is 5.41 Å². The van der Waals surface area contributed by atoms with E-state index >= 15 is 0 Å². The highest BCUT2D eigenvalue weighted by atomic mass is 16.2. The van der Waals surface area contributed by atoms with Gasteiger partial charge in [0.05, 0.1) is 6.07 Å². The van der Waals surface area contributed by atoms with Gasteiger partial charge in [-0.15, -0.1) is 0 Å². The second-order valence-electron chi connectivity index (χ2n) is 4.50. The summed E-state index contributed by atoms with van der Waals surface area (Å²) in [5.74, 6) is -0.185. The molecule has 0 rings (SSSR count). The van der Waals surface area contributed by atoms with Gasteiger partial charge in [-0.05, 0) is 47.3 Å². The molecule has 0 aliphatic carbocycles. The van der Waals surface area contributed by atoms with E-state index in [4.69, 9.17) is 5.26 Å². The van der Waals surface area contributed by atoms with Gasteiger partial charge in [0.2, 0.25) is 5.91 Å². The van der Waals surface area contributed by atoms with E-state index in [-0.39, 0.29) is 5.91 Å². The number of hydrogen-bond acceptors (Lipinski definition) is 3. The van der Waals surface area contributed by atoms with Crippen LogP contribution in [0.15, 0.2) is 0 Å². The van der Waals surface area contributed by atoms with Gasteiger partial charge < -0.3 is 10.2 Å². The van der Waals surface area contributed by atoms with E-state index in [9.17, 15) is 4.79 Å². The second kappa shape index (κ2) is 6.41. The van der Waals surface area contributed by atoms with Crippen LogP contribution in [0.3, 0.4) is 0 Å². The zero-order valence-electron chi connectivity index (χ0n) is 10.1. The summed E-state index contributed by atoms with van der Waals surface area (Å²) in [6.07, 6.45) is 2.01. The van der Waals surface area contributed by atoms with Gasteiger partial charge in [-0.2, -0.15) is 5.26 Å². The number of carbonyl (C=O) groups is 1. The summed E-state index contributed by atoms with van der Waals surface area (Å²) in [6.45, 7) is 4.93. The molecule has 4 nitrogen and oxygen atoms in total. The highest BCUT2D eigenvalue weighted by Crippen LogP contribution is 2.12. The molecule has 0 atom stereocenters. The molecule has 86 valence electrons. The molecular weight excluding hydrogens is 190 g/mol. The summed E-state index contributed by atoms with van der Waals surface area (Å²) in [5, 5.41) is 11.5. The van der Waals surface area contributed by atoms with Crippen LogP contribution in [0.1, 0.15) is 26.7 Å². The summed E-state index contributed by atoms with van der Waals surface area (Å²) >= 11 is 0. The number of rotatable bonds is 6. The molecule has 15 heavy (non-hydrogen) atoms. The molecule has 0 spiro atoms. The highest BCUT2D eigenvalue weighted by Gasteiger charge is 2.26. The Bertz CT molecular complexity index is 241. The Morgan fingerprint density at radius 2 is 2.00 bits per heavy atom. The largest absolute Gasteiger partial charge is 0.355 e. The van der Waals surface area contributed by atoms with Gasteiger partial charge in [0.25, 0.3) is 0 Å². The van der Waals surface area contributed by atoms with Gasteiger partial charge in [-0.3, -0.25) is 4.79 Å². The molecule has 4 heteroatoms. The first-order valence-electron chi connectivity index (χ1n) is 5.24. The van der Waals surface area contributed by atoms with E-state index in [0.717, 1.165) is 19.4 Å². The van der Waals surface area contributed by atoms with Crippen LogP contribution in [0.2, 0.25) is 0 Å². The standard InChI is InChI=1S/C11H21N3O/c1-11(2,9-12)10(15)13-7-5-6-8-14(3)4/h5-8H2,1-4H3,(H,13,15). The molecule has 0 aliphatic heterocycles. The third-order valence-electron chi connectivity index (χ3n) is 2.16. The molecule has 0 heterocycles. The maximum absolute atomic E-state index is 11.4. The van der Waals surface area contributed by atoms with Crippen molar-refractivity contribution < 1.29 is 4.79 Å². The summed E-state index contributed by atoms with van der Waals surface area (Å²) in [7, 11) is 4.05. The van der Waals surface area contributed by atoms with Crippen molar-refractivity contribution in [1.82, 2.24) is 10.2 Å². The molecular formula is C11H21N3O. The van der Waals surface area contributed by atoms with E-state index in [1.54, 1.807) is 13.8 Å². The van der Waals surface area contributed by atoms with Crippen LogP contribution >= 0.6 is 0 Å². The number of amides is 1. The summed E-state index contributed by atoms with van der Waals surface area (Å²) in [5.41, 5.74) is -0.915. The lowest BCUT2D eigenvalue weighted by Crippen LogP contribution is -2.36. The van der Waals surface area contributed by atoms with Gasteiger partial charge in [0.1, 0.15) is 5.41 Å². The Labute approximate surface area is 92.3 Å². The quantitative estimate of drug-likeness (QED) is 0.667. The Balaban J connectivity index is 3.62. The van der Waals surface area contributed by atoms with Crippen molar-refractivity contribution in [3.05, 3.63) is 0 Å². The number of hydrogen-bond donors (Lipinski definition) is 1. The van der Waals surface area contributed by atoms with Crippen molar-refractivity contribution in [2.45, 2.75) is 26.7 Å². The fourth-order valence-electron chi connectivity index (χ4n) is 1.03. The molecule has 1 amide bonds. The molecule has 1 N–H and O–H groups in total. The van der Waals surface area contributed by atoms with Crippen molar-refractivity contribution in [2.75, 3.05) is 27.2 Å². The van der Waals surface area contributed by atoms with Crippen molar-refractivity contribution >= 4 is 5.91 Å².